The van der Waals surface area contributed by atoms with Gasteiger partial charge in [-0.25, -0.2) is 13.1 Å². The van der Waals surface area contributed by atoms with E-state index in [4.69, 9.17) is 9.47 Å². The van der Waals surface area contributed by atoms with Crippen LogP contribution < -0.4 is 25.0 Å². The molecule has 0 saturated carbocycles. The second-order valence-corrected chi connectivity index (χ2v) is 8.69. The average Bonchev–Trinajstić information content (AvgIpc) is 2.72. The van der Waals surface area contributed by atoms with Crippen molar-refractivity contribution >= 4 is 37.8 Å². The Bertz CT molecular complexity index is 997. The van der Waals surface area contributed by atoms with Gasteiger partial charge >= 0.3 is 0 Å². The number of hydrogen-bond acceptors (Lipinski definition) is 6. The Hall–Kier alpha value is -2.63. The van der Waals surface area contributed by atoms with Crippen LogP contribution in [0.1, 0.15) is 6.42 Å². The normalized spacial score (nSPS) is 15.4. The van der Waals surface area contributed by atoms with Crippen molar-refractivity contribution < 1.29 is 27.5 Å². The van der Waals surface area contributed by atoms with Gasteiger partial charge in [-0.15, -0.1) is 0 Å². The van der Waals surface area contributed by atoms with Gasteiger partial charge < -0.3 is 9.47 Å². The van der Waals surface area contributed by atoms with E-state index in [2.05, 4.69) is 31.5 Å². The zero-order valence-corrected chi connectivity index (χ0v) is 17.5. The van der Waals surface area contributed by atoms with E-state index >= 15 is 0 Å². The first-order chi connectivity index (χ1) is 13.8. The number of hydrazine groups is 1. The summed E-state index contributed by atoms with van der Waals surface area (Å²) in [5.41, 5.74) is 4.46. The standard InChI is InChI=1S/C18H18BrN3O6S/c19-12-5-7-13(8-6-12)29(25,26)20-10-9-17(23)21-22-18(24)16-11-27-14-3-1-2-4-15(14)28-16/h1-8,16,20H,9-11H2,(H,21,23)(H,22,24)/t16-/m0/s1. The van der Waals surface area contributed by atoms with Crippen molar-refractivity contribution in [3.63, 3.8) is 0 Å². The Labute approximate surface area is 175 Å². The van der Waals surface area contributed by atoms with E-state index in [-0.39, 0.29) is 24.5 Å². The number of para-hydroxylation sites is 2. The monoisotopic (exact) mass is 483 g/mol. The van der Waals surface area contributed by atoms with Crippen molar-refractivity contribution in [3.05, 3.63) is 53.0 Å². The fraction of sp³-hybridized carbons (Fsp3) is 0.222. The van der Waals surface area contributed by atoms with Gasteiger partial charge in [-0.1, -0.05) is 28.1 Å². The number of carbonyl (C=O) groups is 2. The first-order valence-electron chi connectivity index (χ1n) is 8.57. The summed E-state index contributed by atoms with van der Waals surface area (Å²) in [6, 6.07) is 13.0. The summed E-state index contributed by atoms with van der Waals surface area (Å²) in [6.45, 7) is -0.123. The number of halogens is 1. The van der Waals surface area contributed by atoms with E-state index in [0.29, 0.717) is 11.5 Å². The second kappa shape index (κ2) is 9.25. The molecule has 1 aliphatic rings. The van der Waals surface area contributed by atoms with Gasteiger partial charge in [0.2, 0.25) is 22.0 Å². The number of hydrogen-bond donors (Lipinski definition) is 3. The Balaban J connectivity index is 1.41. The van der Waals surface area contributed by atoms with Crippen LogP contribution in [0.4, 0.5) is 0 Å². The van der Waals surface area contributed by atoms with E-state index in [0.717, 1.165) is 4.47 Å². The maximum Gasteiger partial charge on any atom is 0.283 e. The number of benzene rings is 2. The Morgan fingerprint density at radius 1 is 1.03 bits per heavy atom. The van der Waals surface area contributed by atoms with Crippen LogP contribution in [-0.4, -0.2) is 39.5 Å². The summed E-state index contributed by atoms with van der Waals surface area (Å²) < 4.78 is 38.3. The molecule has 154 valence electrons. The third kappa shape index (κ3) is 5.68. The molecule has 0 spiro atoms. The second-order valence-electron chi connectivity index (χ2n) is 6.00. The Kier molecular flexibility index (Phi) is 6.72. The Morgan fingerprint density at radius 3 is 2.45 bits per heavy atom. The summed E-state index contributed by atoms with van der Waals surface area (Å²) in [5, 5.41) is 0. The molecular weight excluding hydrogens is 466 g/mol. The number of sulfonamides is 1. The van der Waals surface area contributed by atoms with E-state index in [9.17, 15) is 18.0 Å². The number of nitrogens with one attached hydrogen (secondary N) is 3. The fourth-order valence-electron chi connectivity index (χ4n) is 2.42. The van der Waals surface area contributed by atoms with E-state index in [1.54, 1.807) is 36.4 Å². The minimum absolute atomic E-state index is 0.00566. The van der Waals surface area contributed by atoms with Crippen molar-refractivity contribution in [3.8, 4) is 11.5 Å². The molecule has 0 aromatic heterocycles. The molecule has 0 unspecified atom stereocenters. The molecule has 1 aliphatic heterocycles. The van der Waals surface area contributed by atoms with Crippen LogP contribution >= 0.6 is 15.9 Å². The van der Waals surface area contributed by atoms with E-state index < -0.39 is 27.9 Å². The maximum absolute atomic E-state index is 12.1. The molecule has 11 heteroatoms. The fourth-order valence-corrected chi connectivity index (χ4v) is 3.72. The first kappa shape index (κ1) is 21.1. The molecule has 1 heterocycles. The molecule has 9 nitrogen and oxygen atoms in total. The highest BCUT2D eigenvalue weighted by Gasteiger charge is 2.27. The molecule has 3 rings (SSSR count). The van der Waals surface area contributed by atoms with Crippen molar-refractivity contribution in [2.45, 2.75) is 17.4 Å². The number of ether oxygens (including phenoxy) is 2. The zero-order chi connectivity index (χ0) is 20.9. The van der Waals surface area contributed by atoms with Crippen LogP contribution in [-0.2, 0) is 19.6 Å². The minimum Gasteiger partial charge on any atom is -0.485 e. The summed E-state index contributed by atoms with van der Waals surface area (Å²) in [4.78, 5) is 24.1. The largest absolute Gasteiger partial charge is 0.485 e. The van der Waals surface area contributed by atoms with Gasteiger partial charge in [0.15, 0.2) is 11.5 Å². The summed E-state index contributed by atoms with van der Waals surface area (Å²) in [7, 11) is -3.72. The molecule has 0 saturated heterocycles. The third-order valence-corrected chi connectivity index (χ3v) is 5.90. The van der Waals surface area contributed by atoms with Crippen molar-refractivity contribution in [2.24, 2.45) is 0 Å². The van der Waals surface area contributed by atoms with Crippen molar-refractivity contribution in [2.75, 3.05) is 13.2 Å². The van der Waals surface area contributed by atoms with Gasteiger partial charge in [-0.05, 0) is 36.4 Å². The van der Waals surface area contributed by atoms with Gasteiger partial charge in [0.25, 0.3) is 5.91 Å². The molecule has 0 bridgehead atoms. The predicted octanol–water partition coefficient (Wildman–Crippen LogP) is 1.10. The van der Waals surface area contributed by atoms with Crippen LogP contribution in [0, 0.1) is 0 Å². The van der Waals surface area contributed by atoms with E-state index in [1.165, 1.54) is 12.1 Å². The predicted molar refractivity (Wildman–Crippen MR) is 107 cm³/mol. The molecule has 2 amide bonds. The van der Waals surface area contributed by atoms with Gasteiger partial charge in [0.05, 0.1) is 4.90 Å². The molecule has 2 aromatic carbocycles. The quantitative estimate of drug-likeness (QED) is 0.528. The minimum atomic E-state index is -3.72. The third-order valence-electron chi connectivity index (χ3n) is 3.89. The zero-order valence-electron chi connectivity index (χ0n) is 15.1. The SMILES string of the molecule is O=C(CCNS(=O)(=O)c1ccc(Br)cc1)NNC(=O)[C@@H]1COc2ccccc2O1. The lowest BCUT2D eigenvalue weighted by atomic mass is 10.2. The topological polar surface area (TPSA) is 123 Å². The van der Waals surface area contributed by atoms with Gasteiger partial charge in [-0.3, -0.25) is 20.4 Å². The number of amides is 2. The van der Waals surface area contributed by atoms with Crippen LogP contribution in [0.3, 0.4) is 0 Å². The van der Waals surface area contributed by atoms with Crippen molar-refractivity contribution in [1.29, 1.82) is 0 Å². The molecule has 29 heavy (non-hydrogen) atoms. The van der Waals surface area contributed by atoms with Gasteiger partial charge in [0, 0.05) is 17.4 Å². The molecule has 3 N–H and O–H groups in total. The van der Waals surface area contributed by atoms with Crippen LogP contribution in [0.5, 0.6) is 11.5 Å². The van der Waals surface area contributed by atoms with Crippen LogP contribution in [0.2, 0.25) is 0 Å². The van der Waals surface area contributed by atoms with Crippen LogP contribution in [0.25, 0.3) is 0 Å². The summed E-state index contributed by atoms with van der Waals surface area (Å²) >= 11 is 3.23. The van der Waals surface area contributed by atoms with E-state index in [1.807, 2.05) is 0 Å². The Morgan fingerprint density at radius 2 is 1.72 bits per heavy atom. The lowest BCUT2D eigenvalue weighted by Crippen LogP contribution is -2.51. The number of rotatable bonds is 6. The van der Waals surface area contributed by atoms with Gasteiger partial charge in [0.1, 0.15) is 6.61 Å². The molecule has 0 fully saturated rings. The molecule has 0 radical (unpaired) electrons. The first-order valence-corrected chi connectivity index (χ1v) is 10.9. The highest BCUT2D eigenvalue weighted by molar-refractivity contribution is 9.10. The molecule has 0 aliphatic carbocycles. The molecular formula is C18H18BrN3O6S. The summed E-state index contributed by atoms with van der Waals surface area (Å²) in [5.74, 6) is -0.163. The highest BCUT2D eigenvalue weighted by atomic mass is 79.9. The van der Waals surface area contributed by atoms with Crippen molar-refractivity contribution in [1.82, 2.24) is 15.6 Å². The maximum atomic E-state index is 12.1. The molecule has 1 atom stereocenters. The molecule has 2 aromatic rings. The van der Waals surface area contributed by atoms with Crippen LogP contribution in [0.15, 0.2) is 57.9 Å². The lowest BCUT2D eigenvalue weighted by Gasteiger charge is -2.25. The lowest BCUT2D eigenvalue weighted by molar-refractivity contribution is -0.135. The van der Waals surface area contributed by atoms with Gasteiger partial charge in [-0.2, -0.15) is 0 Å². The summed E-state index contributed by atoms with van der Waals surface area (Å²) in [6.07, 6.45) is -1.08. The highest BCUT2D eigenvalue weighted by Crippen LogP contribution is 2.30. The average molecular weight is 484 g/mol. The number of carbonyl (C=O) groups excluding carboxylic acids is 2. The number of fused-ring (bicyclic) bond motifs is 1. The smallest absolute Gasteiger partial charge is 0.283 e.